The van der Waals surface area contributed by atoms with Crippen molar-refractivity contribution in [1.82, 2.24) is 9.55 Å². The van der Waals surface area contributed by atoms with Crippen LogP contribution in [0.15, 0.2) is 60.7 Å². The Bertz CT molecular complexity index is 742. The van der Waals surface area contributed by atoms with E-state index in [1.165, 1.54) is 16.8 Å². The van der Waals surface area contributed by atoms with Crippen molar-refractivity contribution in [2.45, 2.75) is 26.2 Å². The second-order valence-electron chi connectivity index (χ2n) is 5.92. The number of imidazole rings is 1. The molecular weight excluding hydrogens is 268 g/mol. The van der Waals surface area contributed by atoms with E-state index in [2.05, 4.69) is 80.1 Å². The van der Waals surface area contributed by atoms with Crippen LogP contribution in [0.25, 0.3) is 11.3 Å². The molecule has 2 heteroatoms. The number of nitrogens with zero attached hydrogens (tertiary/aromatic N) is 2. The monoisotopic (exact) mass is 290 g/mol. The molecule has 3 rings (SSSR count). The highest BCUT2D eigenvalue weighted by molar-refractivity contribution is 5.62. The molecule has 0 N–H and O–H groups in total. The van der Waals surface area contributed by atoms with Gasteiger partial charge in [0.1, 0.15) is 5.82 Å². The molecule has 0 bridgehead atoms. The van der Waals surface area contributed by atoms with Gasteiger partial charge < -0.3 is 4.57 Å². The van der Waals surface area contributed by atoms with Crippen molar-refractivity contribution in [3.63, 3.8) is 0 Å². The van der Waals surface area contributed by atoms with Crippen molar-refractivity contribution in [1.29, 1.82) is 0 Å². The Hall–Kier alpha value is -2.35. The van der Waals surface area contributed by atoms with E-state index in [1.54, 1.807) is 0 Å². The zero-order valence-corrected chi connectivity index (χ0v) is 13.5. The third kappa shape index (κ3) is 2.82. The molecule has 1 aromatic heterocycles. The number of benzene rings is 2. The molecule has 0 aliphatic heterocycles. The third-order valence-corrected chi connectivity index (χ3v) is 4.29. The first kappa shape index (κ1) is 14.6. The van der Waals surface area contributed by atoms with E-state index in [-0.39, 0.29) is 0 Å². The Labute approximate surface area is 132 Å². The fraction of sp³-hybridized carbons (Fsp3) is 0.250. The van der Waals surface area contributed by atoms with Crippen LogP contribution in [0, 0.1) is 6.92 Å². The van der Waals surface area contributed by atoms with Crippen LogP contribution in [0.2, 0.25) is 0 Å². The predicted octanol–water partition coefficient (Wildman–Crippen LogP) is 4.74. The maximum atomic E-state index is 4.94. The van der Waals surface area contributed by atoms with Crippen LogP contribution in [0.3, 0.4) is 0 Å². The molecule has 0 saturated heterocycles. The van der Waals surface area contributed by atoms with Crippen LogP contribution in [0.4, 0.5) is 0 Å². The molecule has 0 radical (unpaired) electrons. The predicted molar refractivity (Wildman–Crippen MR) is 91.9 cm³/mol. The maximum Gasteiger partial charge on any atom is 0.112 e. The topological polar surface area (TPSA) is 17.8 Å². The highest BCUT2D eigenvalue weighted by Crippen LogP contribution is 2.27. The Morgan fingerprint density at radius 3 is 2.18 bits per heavy atom. The summed E-state index contributed by atoms with van der Waals surface area (Å²) in [4.78, 5) is 4.94. The van der Waals surface area contributed by atoms with E-state index in [0.717, 1.165) is 17.9 Å². The Morgan fingerprint density at radius 2 is 1.55 bits per heavy atom. The van der Waals surface area contributed by atoms with Crippen molar-refractivity contribution in [3.8, 4) is 11.3 Å². The standard InChI is InChI=1S/C20H22N2/c1-15(14-17-10-6-4-7-11-17)20-21-19(16(2)22(20)3)18-12-8-5-9-13-18/h4-13,15H,14H2,1-3H3/t15-/m0/s1. The van der Waals surface area contributed by atoms with Gasteiger partial charge in [0.05, 0.1) is 5.69 Å². The van der Waals surface area contributed by atoms with E-state index < -0.39 is 0 Å². The molecule has 0 aliphatic rings. The highest BCUT2D eigenvalue weighted by Gasteiger charge is 2.17. The lowest BCUT2D eigenvalue weighted by Gasteiger charge is -2.12. The van der Waals surface area contributed by atoms with Gasteiger partial charge in [-0.3, -0.25) is 0 Å². The fourth-order valence-electron chi connectivity index (χ4n) is 2.97. The molecule has 3 aromatic rings. The van der Waals surface area contributed by atoms with Gasteiger partial charge in [0.15, 0.2) is 0 Å². The molecule has 2 nitrogen and oxygen atoms in total. The van der Waals surface area contributed by atoms with Crippen LogP contribution in [-0.2, 0) is 13.5 Å². The lowest BCUT2D eigenvalue weighted by atomic mass is 10.0. The number of hydrogen-bond donors (Lipinski definition) is 0. The van der Waals surface area contributed by atoms with E-state index in [4.69, 9.17) is 4.98 Å². The molecule has 22 heavy (non-hydrogen) atoms. The van der Waals surface area contributed by atoms with Gasteiger partial charge in [-0.05, 0) is 18.9 Å². The summed E-state index contributed by atoms with van der Waals surface area (Å²) in [5.74, 6) is 1.55. The molecule has 0 amide bonds. The smallest absolute Gasteiger partial charge is 0.112 e. The summed E-state index contributed by atoms with van der Waals surface area (Å²) < 4.78 is 2.23. The first-order valence-electron chi connectivity index (χ1n) is 7.79. The average molecular weight is 290 g/mol. The quantitative estimate of drug-likeness (QED) is 0.678. The van der Waals surface area contributed by atoms with E-state index >= 15 is 0 Å². The zero-order chi connectivity index (χ0) is 15.5. The highest BCUT2D eigenvalue weighted by atomic mass is 15.1. The minimum absolute atomic E-state index is 0.392. The molecule has 112 valence electrons. The van der Waals surface area contributed by atoms with Crippen LogP contribution >= 0.6 is 0 Å². The Kier molecular flexibility index (Phi) is 4.10. The summed E-state index contributed by atoms with van der Waals surface area (Å²) in [6.07, 6.45) is 1.01. The largest absolute Gasteiger partial charge is 0.335 e. The molecule has 0 aliphatic carbocycles. The summed E-state index contributed by atoms with van der Waals surface area (Å²) in [5, 5.41) is 0. The van der Waals surface area contributed by atoms with Gasteiger partial charge in [0.2, 0.25) is 0 Å². The summed E-state index contributed by atoms with van der Waals surface area (Å²) in [7, 11) is 2.12. The normalized spacial score (nSPS) is 12.3. The van der Waals surface area contributed by atoms with Gasteiger partial charge in [-0.1, -0.05) is 67.6 Å². The lowest BCUT2D eigenvalue weighted by molar-refractivity contribution is 0.651. The molecule has 0 fully saturated rings. The SMILES string of the molecule is Cc1c(-c2ccccc2)nc([C@@H](C)Cc2ccccc2)n1C. The first-order valence-corrected chi connectivity index (χ1v) is 7.79. The van der Waals surface area contributed by atoms with E-state index in [0.29, 0.717) is 5.92 Å². The van der Waals surface area contributed by atoms with Crippen LogP contribution < -0.4 is 0 Å². The first-order chi connectivity index (χ1) is 10.7. The second kappa shape index (κ2) is 6.18. The summed E-state index contributed by atoms with van der Waals surface area (Å²) >= 11 is 0. The van der Waals surface area contributed by atoms with Crippen molar-refractivity contribution in [3.05, 3.63) is 77.7 Å². The van der Waals surface area contributed by atoms with Crippen LogP contribution in [0.5, 0.6) is 0 Å². The van der Waals surface area contributed by atoms with Gasteiger partial charge >= 0.3 is 0 Å². The molecule has 0 saturated carbocycles. The molecule has 1 atom stereocenters. The van der Waals surface area contributed by atoms with E-state index in [1.807, 2.05) is 6.07 Å². The van der Waals surface area contributed by atoms with Gasteiger partial charge in [-0.15, -0.1) is 0 Å². The van der Waals surface area contributed by atoms with Gasteiger partial charge in [0, 0.05) is 24.2 Å². The van der Waals surface area contributed by atoms with Crippen LogP contribution in [0.1, 0.15) is 29.9 Å². The van der Waals surface area contributed by atoms with Crippen molar-refractivity contribution in [2.24, 2.45) is 7.05 Å². The lowest BCUT2D eigenvalue weighted by Crippen LogP contribution is -2.06. The minimum Gasteiger partial charge on any atom is -0.335 e. The molecular formula is C20H22N2. The third-order valence-electron chi connectivity index (χ3n) is 4.29. The zero-order valence-electron chi connectivity index (χ0n) is 13.5. The average Bonchev–Trinajstić information content (AvgIpc) is 2.85. The number of rotatable bonds is 4. The van der Waals surface area contributed by atoms with Gasteiger partial charge in [-0.2, -0.15) is 0 Å². The van der Waals surface area contributed by atoms with Gasteiger partial charge in [-0.25, -0.2) is 4.98 Å². The van der Waals surface area contributed by atoms with Crippen molar-refractivity contribution in [2.75, 3.05) is 0 Å². The number of hydrogen-bond acceptors (Lipinski definition) is 1. The fourth-order valence-corrected chi connectivity index (χ4v) is 2.97. The number of aromatic nitrogens is 2. The summed E-state index contributed by atoms with van der Waals surface area (Å²) in [6, 6.07) is 21.1. The van der Waals surface area contributed by atoms with Crippen LogP contribution in [-0.4, -0.2) is 9.55 Å². The molecule has 0 unspecified atom stereocenters. The Balaban J connectivity index is 1.92. The van der Waals surface area contributed by atoms with Crippen molar-refractivity contribution < 1.29 is 0 Å². The van der Waals surface area contributed by atoms with E-state index in [9.17, 15) is 0 Å². The van der Waals surface area contributed by atoms with Crippen molar-refractivity contribution >= 4 is 0 Å². The summed E-state index contributed by atoms with van der Waals surface area (Å²) in [5.41, 5.74) is 4.87. The molecule has 1 heterocycles. The maximum absolute atomic E-state index is 4.94. The minimum atomic E-state index is 0.392. The van der Waals surface area contributed by atoms with Gasteiger partial charge in [0.25, 0.3) is 0 Å². The second-order valence-corrected chi connectivity index (χ2v) is 5.92. The Morgan fingerprint density at radius 1 is 0.955 bits per heavy atom. The molecule has 0 spiro atoms. The molecule has 2 aromatic carbocycles. The summed E-state index contributed by atoms with van der Waals surface area (Å²) in [6.45, 7) is 4.40.